The Balaban J connectivity index is 1.28. The molecule has 6 aliphatic carbocycles. The molecule has 11 atom stereocenters. The fourth-order valence-corrected chi connectivity index (χ4v) is 10.7. The lowest BCUT2D eigenvalue weighted by atomic mass is 9.44. The van der Waals surface area contributed by atoms with E-state index in [4.69, 9.17) is 4.84 Å². The first kappa shape index (κ1) is 23.7. The van der Waals surface area contributed by atoms with Crippen molar-refractivity contribution in [3.8, 4) is 0 Å². The average molecular weight is 500 g/mol. The van der Waals surface area contributed by atoms with Crippen LogP contribution in [0.2, 0.25) is 0 Å². The van der Waals surface area contributed by atoms with Gasteiger partial charge in [0, 0.05) is 35.3 Å². The maximum atomic E-state index is 17.4. The molecule has 0 aromatic heterocycles. The van der Waals surface area contributed by atoms with Gasteiger partial charge in [0.05, 0.1) is 6.10 Å². The molecule has 1 heterocycles. The summed E-state index contributed by atoms with van der Waals surface area (Å²) in [5.74, 6) is 0.135. The van der Waals surface area contributed by atoms with Crippen molar-refractivity contribution in [2.45, 2.75) is 88.6 Å². The van der Waals surface area contributed by atoms with Crippen LogP contribution in [-0.4, -0.2) is 63.4 Å². The SMILES string of the molecule is C[C@]12C=CC(=O)C=C1CC[C@H]1[C@@H]3C[C@H]4CN(C5CC6CCC5C6)O[C@@]4(C(=O)CO)[C@@]3(C)C[C@H](O)[C@@]12F. The van der Waals surface area contributed by atoms with Crippen LogP contribution in [-0.2, 0) is 14.4 Å². The third-order valence-corrected chi connectivity index (χ3v) is 12.3. The van der Waals surface area contributed by atoms with E-state index in [0.717, 1.165) is 17.9 Å². The molecule has 0 aromatic rings. The van der Waals surface area contributed by atoms with Crippen molar-refractivity contribution in [3.05, 3.63) is 23.8 Å². The largest absolute Gasteiger partial charge is 0.390 e. The molecular formula is C29H38FNO5. The number of aliphatic hydroxyl groups is 2. The minimum atomic E-state index is -1.93. The number of carbonyl (C=O) groups is 2. The number of aliphatic hydroxyl groups excluding tert-OH is 2. The van der Waals surface area contributed by atoms with E-state index in [-0.39, 0.29) is 29.8 Å². The molecule has 0 spiro atoms. The lowest BCUT2D eigenvalue weighted by Gasteiger charge is -2.62. The van der Waals surface area contributed by atoms with Crippen molar-refractivity contribution < 1.29 is 29.0 Å². The number of halogens is 1. The van der Waals surface area contributed by atoms with Crippen molar-refractivity contribution >= 4 is 11.6 Å². The Bertz CT molecular complexity index is 1090. The lowest BCUT2D eigenvalue weighted by molar-refractivity contribution is -0.277. The molecule has 2 N–H and O–H groups in total. The quantitative estimate of drug-likeness (QED) is 0.620. The number of ketones is 2. The number of Topliss-reactive ketones (excluding diaryl/α,β-unsaturated/α-hetero) is 1. The van der Waals surface area contributed by atoms with E-state index in [1.54, 1.807) is 12.2 Å². The van der Waals surface area contributed by atoms with Crippen LogP contribution in [0.5, 0.6) is 0 Å². The second-order valence-electron chi connectivity index (χ2n) is 13.4. The van der Waals surface area contributed by atoms with E-state index >= 15 is 4.39 Å². The molecule has 196 valence electrons. The lowest BCUT2D eigenvalue weighted by Crippen LogP contribution is -2.69. The molecule has 5 saturated carbocycles. The first-order valence-electron chi connectivity index (χ1n) is 14.0. The second-order valence-corrected chi connectivity index (χ2v) is 13.4. The van der Waals surface area contributed by atoms with Gasteiger partial charge in [-0.2, -0.15) is 5.06 Å². The number of fused-ring (bicyclic) bond motifs is 9. The molecule has 0 radical (unpaired) electrons. The van der Waals surface area contributed by atoms with E-state index in [1.807, 2.05) is 13.8 Å². The third-order valence-electron chi connectivity index (χ3n) is 12.3. The van der Waals surface area contributed by atoms with Gasteiger partial charge in [0.15, 0.2) is 22.8 Å². The molecule has 6 fully saturated rings. The summed E-state index contributed by atoms with van der Waals surface area (Å²) in [5.41, 5.74) is -4.23. The van der Waals surface area contributed by atoms with Gasteiger partial charge in [-0.1, -0.05) is 25.0 Å². The molecule has 3 unspecified atom stereocenters. The molecule has 7 aliphatic rings. The van der Waals surface area contributed by atoms with Crippen LogP contribution in [0.3, 0.4) is 0 Å². The molecular weight excluding hydrogens is 461 g/mol. The number of hydroxylamine groups is 2. The fourth-order valence-electron chi connectivity index (χ4n) is 10.7. The molecule has 7 heteroatoms. The summed E-state index contributed by atoms with van der Waals surface area (Å²) in [6, 6.07) is 0.305. The summed E-state index contributed by atoms with van der Waals surface area (Å²) >= 11 is 0. The van der Waals surface area contributed by atoms with Crippen molar-refractivity contribution in [1.82, 2.24) is 5.06 Å². The Kier molecular flexibility index (Phi) is 4.85. The Morgan fingerprint density at radius 3 is 2.69 bits per heavy atom. The fraction of sp³-hybridized carbons (Fsp3) is 0.793. The highest BCUT2D eigenvalue weighted by molar-refractivity contribution is 6.01. The maximum Gasteiger partial charge on any atom is 0.192 e. The minimum Gasteiger partial charge on any atom is -0.390 e. The normalized spacial score (nSPS) is 55.2. The van der Waals surface area contributed by atoms with Gasteiger partial charge in [-0.15, -0.1) is 0 Å². The van der Waals surface area contributed by atoms with Crippen LogP contribution >= 0.6 is 0 Å². The van der Waals surface area contributed by atoms with Gasteiger partial charge in [0.2, 0.25) is 0 Å². The Morgan fingerprint density at radius 1 is 1.19 bits per heavy atom. The van der Waals surface area contributed by atoms with Crippen molar-refractivity contribution in [2.75, 3.05) is 13.2 Å². The van der Waals surface area contributed by atoms with Crippen LogP contribution in [0.1, 0.15) is 65.2 Å². The number of nitrogens with zero attached hydrogens (tertiary/aromatic N) is 1. The average Bonchev–Trinajstić information content (AvgIpc) is 3.61. The predicted molar refractivity (Wildman–Crippen MR) is 129 cm³/mol. The van der Waals surface area contributed by atoms with Crippen LogP contribution in [0.4, 0.5) is 4.39 Å². The summed E-state index contributed by atoms with van der Waals surface area (Å²) in [6.07, 6.45) is 10.0. The zero-order chi connectivity index (χ0) is 25.3. The maximum absolute atomic E-state index is 17.4. The van der Waals surface area contributed by atoms with Gasteiger partial charge in [0.25, 0.3) is 0 Å². The van der Waals surface area contributed by atoms with Gasteiger partial charge in [-0.3, -0.25) is 14.4 Å². The zero-order valence-electron chi connectivity index (χ0n) is 21.3. The molecule has 0 aromatic carbocycles. The van der Waals surface area contributed by atoms with Gasteiger partial charge >= 0.3 is 0 Å². The predicted octanol–water partition coefficient (Wildman–Crippen LogP) is 3.32. The molecule has 6 nitrogen and oxygen atoms in total. The standard InChI is InChI=1S/C29H38FNO5/c1-26-8-7-20(33)11-18(26)5-6-21-22-12-19-14-31(23-10-16-3-4-17(23)9-16)36-29(19,25(35)15-32)27(22,2)13-24(34)28(21,26)30/h7-8,11,16-17,19,21-24,32,34H,3-6,9-10,12-15H2,1-2H3/t16?,17?,19-,21-,22-,23?,24-,26-,27-,28-,29-/m0/s1. The van der Waals surface area contributed by atoms with E-state index in [0.29, 0.717) is 37.8 Å². The number of carbonyl (C=O) groups excluding carboxylic acids is 2. The van der Waals surface area contributed by atoms with Gasteiger partial charge in [-0.05, 0) is 81.8 Å². The second kappa shape index (κ2) is 7.37. The Labute approximate surface area is 211 Å². The monoisotopic (exact) mass is 499 g/mol. The van der Waals surface area contributed by atoms with Gasteiger partial charge < -0.3 is 10.2 Å². The van der Waals surface area contributed by atoms with E-state index in [1.165, 1.54) is 25.3 Å². The number of hydrogen-bond acceptors (Lipinski definition) is 6. The van der Waals surface area contributed by atoms with Crippen LogP contribution < -0.4 is 0 Å². The minimum absolute atomic E-state index is 0.0993. The summed E-state index contributed by atoms with van der Waals surface area (Å²) < 4.78 is 17.4. The number of alkyl halides is 1. The molecule has 1 aliphatic heterocycles. The number of allylic oxidation sites excluding steroid dienone is 4. The van der Waals surface area contributed by atoms with Crippen molar-refractivity contribution in [1.29, 1.82) is 0 Å². The number of hydrogen-bond donors (Lipinski definition) is 2. The summed E-state index contributed by atoms with van der Waals surface area (Å²) in [6.45, 7) is 3.84. The Morgan fingerprint density at radius 2 is 2.00 bits per heavy atom. The van der Waals surface area contributed by atoms with E-state index in [9.17, 15) is 19.8 Å². The highest BCUT2D eigenvalue weighted by Crippen LogP contribution is 2.72. The molecule has 7 rings (SSSR count). The highest BCUT2D eigenvalue weighted by Gasteiger charge is 2.79. The van der Waals surface area contributed by atoms with Crippen LogP contribution in [0, 0.1) is 40.4 Å². The smallest absolute Gasteiger partial charge is 0.192 e. The third kappa shape index (κ3) is 2.57. The van der Waals surface area contributed by atoms with Crippen molar-refractivity contribution in [2.24, 2.45) is 40.4 Å². The molecule has 0 amide bonds. The van der Waals surface area contributed by atoms with E-state index in [2.05, 4.69) is 5.06 Å². The summed E-state index contributed by atoms with van der Waals surface area (Å²) in [5, 5.41) is 23.8. The molecule has 36 heavy (non-hydrogen) atoms. The Hall–Kier alpha value is -1.41. The highest BCUT2D eigenvalue weighted by atomic mass is 19.1. The topological polar surface area (TPSA) is 87.1 Å². The molecule has 1 saturated heterocycles. The van der Waals surface area contributed by atoms with Gasteiger partial charge in [-0.25, -0.2) is 4.39 Å². The zero-order valence-corrected chi connectivity index (χ0v) is 21.3. The van der Waals surface area contributed by atoms with Gasteiger partial charge in [0.1, 0.15) is 6.61 Å². The van der Waals surface area contributed by atoms with Crippen LogP contribution in [0.25, 0.3) is 0 Å². The summed E-state index contributed by atoms with van der Waals surface area (Å²) in [4.78, 5) is 32.5. The molecule has 2 bridgehead atoms. The summed E-state index contributed by atoms with van der Waals surface area (Å²) in [7, 11) is 0. The van der Waals surface area contributed by atoms with Crippen LogP contribution in [0.15, 0.2) is 23.8 Å². The first-order chi connectivity index (χ1) is 17.1. The number of rotatable bonds is 3. The van der Waals surface area contributed by atoms with Crippen molar-refractivity contribution in [3.63, 3.8) is 0 Å². The van der Waals surface area contributed by atoms with E-state index < -0.39 is 40.7 Å². The first-order valence-corrected chi connectivity index (χ1v) is 14.0.